The lowest BCUT2D eigenvalue weighted by molar-refractivity contribution is 0.638. The Labute approximate surface area is 104 Å². The molecule has 0 radical (unpaired) electrons. The first-order valence-corrected chi connectivity index (χ1v) is 5.60. The van der Waals surface area contributed by atoms with Crippen molar-refractivity contribution in [1.29, 1.82) is 0 Å². The zero-order chi connectivity index (χ0) is 13.3. The largest absolute Gasteiger partial charge is 0.399 e. The average Bonchev–Trinajstić information content (AvgIpc) is 2.34. The third-order valence-corrected chi connectivity index (χ3v) is 2.94. The van der Waals surface area contributed by atoms with E-state index < -0.39 is 0 Å². The normalized spacial score (nSPS) is 10.6. The molecule has 0 unspecified atom stereocenters. The predicted octanol–water partition coefficient (Wildman–Crippen LogP) is 0.486. The van der Waals surface area contributed by atoms with Gasteiger partial charge in [0.1, 0.15) is 0 Å². The second kappa shape index (κ2) is 4.52. The van der Waals surface area contributed by atoms with Crippen LogP contribution in [0.2, 0.25) is 0 Å². The lowest BCUT2D eigenvalue weighted by atomic mass is 10.1. The van der Waals surface area contributed by atoms with E-state index in [4.69, 9.17) is 5.73 Å². The summed E-state index contributed by atoms with van der Waals surface area (Å²) in [6.07, 6.45) is 1.47. The highest BCUT2D eigenvalue weighted by atomic mass is 16.2. The van der Waals surface area contributed by atoms with Gasteiger partial charge in [0, 0.05) is 25.0 Å². The van der Waals surface area contributed by atoms with Gasteiger partial charge in [0.15, 0.2) is 0 Å². The number of nitrogen functional groups attached to an aromatic ring is 1. The fraction of sp³-hybridized carbons (Fsp3) is 0.231. The minimum atomic E-state index is -0.329. The fourth-order valence-corrected chi connectivity index (χ4v) is 1.79. The standard InChI is InChI=1S/C13H15N3O2/c1-9-3-4-11(14)7-10(9)8-16-12(17)5-6-15(2)13(16)18/h3-7H,8,14H2,1-2H3. The first-order chi connectivity index (χ1) is 8.49. The summed E-state index contributed by atoms with van der Waals surface area (Å²) in [5, 5.41) is 0. The summed E-state index contributed by atoms with van der Waals surface area (Å²) in [4.78, 5) is 23.6. The predicted molar refractivity (Wildman–Crippen MR) is 70.6 cm³/mol. The van der Waals surface area contributed by atoms with E-state index in [1.165, 1.54) is 21.4 Å². The van der Waals surface area contributed by atoms with Crippen LogP contribution in [0, 0.1) is 6.92 Å². The van der Waals surface area contributed by atoms with Gasteiger partial charge < -0.3 is 10.3 Å². The Balaban J connectivity index is 2.53. The second-order valence-electron chi connectivity index (χ2n) is 4.32. The third-order valence-electron chi connectivity index (χ3n) is 2.94. The number of hydrogen-bond donors (Lipinski definition) is 1. The fourth-order valence-electron chi connectivity index (χ4n) is 1.79. The number of nitrogens with zero attached hydrogens (tertiary/aromatic N) is 2. The number of anilines is 1. The molecule has 1 aromatic carbocycles. The SMILES string of the molecule is Cc1ccc(N)cc1Cn1c(=O)ccn(C)c1=O. The van der Waals surface area contributed by atoms with E-state index in [2.05, 4.69) is 0 Å². The molecule has 0 atom stereocenters. The topological polar surface area (TPSA) is 70.0 Å². The maximum absolute atomic E-state index is 11.9. The minimum Gasteiger partial charge on any atom is -0.399 e. The Morgan fingerprint density at radius 3 is 2.67 bits per heavy atom. The number of rotatable bonds is 2. The van der Waals surface area contributed by atoms with Crippen molar-refractivity contribution in [3.8, 4) is 0 Å². The van der Waals surface area contributed by atoms with Crippen molar-refractivity contribution in [1.82, 2.24) is 9.13 Å². The molecule has 0 aliphatic rings. The van der Waals surface area contributed by atoms with Crippen LogP contribution in [0.4, 0.5) is 5.69 Å². The summed E-state index contributed by atoms with van der Waals surface area (Å²) >= 11 is 0. The van der Waals surface area contributed by atoms with Crippen molar-refractivity contribution < 1.29 is 0 Å². The number of aromatic nitrogens is 2. The second-order valence-corrected chi connectivity index (χ2v) is 4.32. The number of benzene rings is 1. The molecule has 0 saturated carbocycles. The molecule has 1 aromatic heterocycles. The number of aryl methyl sites for hydroxylation is 2. The van der Waals surface area contributed by atoms with Gasteiger partial charge in [-0.15, -0.1) is 0 Å². The molecule has 2 rings (SSSR count). The molecule has 5 heteroatoms. The molecule has 5 nitrogen and oxygen atoms in total. The maximum atomic E-state index is 11.9. The molecule has 18 heavy (non-hydrogen) atoms. The molecule has 0 aliphatic heterocycles. The molecule has 2 aromatic rings. The van der Waals surface area contributed by atoms with Gasteiger partial charge in [-0.2, -0.15) is 0 Å². The van der Waals surface area contributed by atoms with Crippen LogP contribution >= 0.6 is 0 Å². The Morgan fingerprint density at radius 1 is 1.22 bits per heavy atom. The zero-order valence-corrected chi connectivity index (χ0v) is 10.4. The molecule has 0 aliphatic carbocycles. The van der Waals surface area contributed by atoms with Crippen LogP contribution in [0.25, 0.3) is 0 Å². The van der Waals surface area contributed by atoms with Crippen LogP contribution in [0.5, 0.6) is 0 Å². The van der Waals surface area contributed by atoms with Gasteiger partial charge >= 0.3 is 5.69 Å². The lowest BCUT2D eigenvalue weighted by Crippen LogP contribution is -2.38. The molecule has 2 N–H and O–H groups in total. The maximum Gasteiger partial charge on any atom is 0.331 e. The van der Waals surface area contributed by atoms with Crippen LogP contribution in [0.3, 0.4) is 0 Å². The number of nitrogens with two attached hydrogens (primary N) is 1. The van der Waals surface area contributed by atoms with Gasteiger partial charge in [-0.25, -0.2) is 4.79 Å². The highest BCUT2D eigenvalue weighted by molar-refractivity contribution is 5.44. The van der Waals surface area contributed by atoms with Crippen molar-refractivity contribution in [2.45, 2.75) is 13.5 Å². The van der Waals surface area contributed by atoms with Crippen molar-refractivity contribution in [3.05, 3.63) is 62.4 Å². The van der Waals surface area contributed by atoms with Crippen molar-refractivity contribution >= 4 is 5.69 Å². The van der Waals surface area contributed by atoms with E-state index in [9.17, 15) is 9.59 Å². The molecule has 94 valence electrons. The van der Waals surface area contributed by atoms with Crippen molar-refractivity contribution in [2.75, 3.05) is 5.73 Å². The van der Waals surface area contributed by atoms with Crippen LogP contribution in [-0.2, 0) is 13.6 Å². The van der Waals surface area contributed by atoms with Gasteiger partial charge in [-0.3, -0.25) is 9.36 Å². The minimum absolute atomic E-state index is 0.239. The summed E-state index contributed by atoms with van der Waals surface area (Å²) in [5.41, 5.74) is 7.58. The molecule has 0 fully saturated rings. The Hall–Kier alpha value is -2.30. The van der Waals surface area contributed by atoms with Gasteiger partial charge in [0.25, 0.3) is 5.56 Å². The van der Waals surface area contributed by atoms with E-state index in [0.29, 0.717) is 5.69 Å². The van der Waals surface area contributed by atoms with Crippen LogP contribution < -0.4 is 17.0 Å². The first kappa shape index (κ1) is 12.2. The van der Waals surface area contributed by atoms with E-state index >= 15 is 0 Å². The monoisotopic (exact) mass is 245 g/mol. The third kappa shape index (κ3) is 2.20. The van der Waals surface area contributed by atoms with Crippen LogP contribution in [0.1, 0.15) is 11.1 Å². The van der Waals surface area contributed by atoms with E-state index in [0.717, 1.165) is 11.1 Å². The van der Waals surface area contributed by atoms with E-state index in [1.807, 2.05) is 13.0 Å². The molecule has 0 bridgehead atoms. The Kier molecular flexibility index (Phi) is 3.06. The molecule has 0 spiro atoms. The van der Waals surface area contributed by atoms with Gasteiger partial charge in [-0.1, -0.05) is 6.07 Å². The molecule has 0 amide bonds. The average molecular weight is 245 g/mol. The Bertz CT molecular complexity index is 698. The van der Waals surface area contributed by atoms with E-state index in [1.54, 1.807) is 19.2 Å². The van der Waals surface area contributed by atoms with Crippen molar-refractivity contribution in [3.63, 3.8) is 0 Å². The number of hydrogen-bond acceptors (Lipinski definition) is 3. The first-order valence-electron chi connectivity index (χ1n) is 5.60. The summed E-state index contributed by atoms with van der Waals surface area (Å²) in [6.45, 7) is 2.16. The highest BCUT2D eigenvalue weighted by Gasteiger charge is 2.06. The van der Waals surface area contributed by atoms with Crippen LogP contribution in [-0.4, -0.2) is 9.13 Å². The molecule has 1 heterocycles. The summed E-state index contributed by atoms with van der Waals surface area (Å²) in [6, 6.07) is 6.84. The van der Waals surface area contributed by atoms with Gasteiger partial charge in [0.2, 0.25) is 0 Å². The van der Waals surface area contributed by atoms with Crippen molar-refractivity contribution in [2.24, 2.45) is 7.05 Å². The van der Waals surface area contributed by atoms with Gasteiger partial charge in [0.05, 0.1) is 6.54 Å². The smallest absolute Gasteiger partial charge is 0.331 e. The Morgan fingerprint density at radius 2 is 1.94 bits per heavy atom. The van der Waals surface area contributed by atoms with Crippen LogP contribution in [0.15, 0.2) is 40.1 Å². The molecule has 0 saturated heterocycles. The van der Waals surface area contributed by atoms with Gasteiger partial charge in [-0.05, 0) is 30.2 Å². The summed E-state index contributed by atoms with van der Waals surface area (Å²) in [7, 11) is 1.62. The lowest BCUT2D eigenvalue weighted by Gasteiger charge is -2.09. The summed E-state index contributed by atoms with van der Waals surface area (Å²) < 4.78 is 2.57. The highest BCUT2D eigenvalue weighted by Crippen LogP contribution is 2.12. The zero-order valence-electron chi connectivity index (χ0n) is 10.4. The summed E-state index contributed by atoms with van der Waals surface area (Å²) in [5.74, 6) is 0. The molecular formula is C13H15N3O2. The quantitative estimate of drug-likeness (QED) is 0.783. The van der Waals surface area contributed by atoms with E-state index in [-0.39, 0.29) is 17.8 Å². The molecular weight excluding hydrogens is 230 g/mol.